The second kappa shape index (κ2) is 5.45. The van der Waals surface area contributed by atoms with E-state index < -0.39 is 0 Å². The van der Waals surface area contributed by atoms with E-state index in [1.54, 1.807) is 0 Å². The average Bonchev–Trinajstić information content (AvgIpc) is 2.91. The van der Waals surface area contributed by atoms with E-state index >= 15 is 0 Å². The van der Waals surface area contributed by atoms with Gasteiger partial charge in [-0.05, 0) is 18.9 Å². The van der Waals surface area contributed by atoms with Crippen LogP contribution in [0.4, 0.5) is 0 Å². The van der Waals surface area contributed by atoms with Gasteiger partial charge in [-0.1, -0.05) is 60.7 Å². The predicted molar refractivity (Wildman–Crippen MR) is 89.9 cm³/mol. The van der Waals surface area contributed by atoms with Crippen LogP contribution in [0.1, 0.15) is 29.4 Å². The van der Waals surface area contributed by atoms with Crippen LogP contribution in [0.25, 0.3) is 11.3 Å². The second-order valence-electron chi connectivity index (χ2n) is 6.08. The number of aryl methyl sites for hydroxylation is 2. The smallest absolute Gasteiger partial charge is 0.109 e. The maximum atomic E-state index is 4.82. The Morgan fingerprint density at radius 2 is 1.64 bits per heavy atom. The molecule has 1 aliphatic rings. The van der Waals surface area contributed by atoms with Crippen LogP contribution in [0.15, 0.2) is 60.7 Å². The summed E-state index contributed by atoms with van der Waals surface area (Å²) in [6.45, 7) is 3.16. The highest BCUT2D eigenvalue weighted by Gasteiger charge is 2.25. The van der Waals surface area contributed by atoms with Gasteiger partial charge in [-0.3, -0.25) is 0 Å². The zero-order valence-corrected chi connectivity index (χ0v) is 12.9. The molecule has 0 fully saturated rings. The highest BCUT2D eigenvalue weighted by molar-refractivity contribution is 5.63. The summed E-state index contributed by atoms with van der Waals surface area (Å²) in [5, 5.41) is 0. The van der Waals surface area contributed by atoms with E-state index in [9.17, 15) is 0 Å². The number of hydrogen-bond acceptors (Lipinski definition) is 1. The molecule has 1 aliphatic heterocycles. The number of fused-ring (bicyclic) bond motifs is 1. The van der Waals surface area contributed by atoms with Crippen LogP contribution in [0.2, 0.25) is 0 Å². The number of imidazole rings is 1. The Balaban J connectivity index is 1.75. The van der Waals surface area contributed by atoms with Crippen molar-refractivity contribution in [3.63, 3.8) is 0 Å². The average molecular weight is 288 g/mol. The van der Waals surface area contributed by atoms with Crippen LogP contribution < -0.4 is 0 Å². The molecule has 2 heterocycles. The Morgan fingerprint density at radius 3 is 2.36 bits per heavy atom. The van der Waals surface area contributed by atoms with Crippen LogP contribution in [-0.4, -0.2) is 9.55 Å². The minimum absolute atomic E-state index is 0.588. The topological polar surface area (TPSA) is 17.8 Å². The van der Waals surface area contributed by atoms with Gasteiger partial charge in [0.1, 0.15) is 5.82 Å². The molecule has 0 aliphatic carbocycles. The predicted octanol–water partition coefficient (Wildman–Crippen LogP) is 4.59. The molecule has 1 aromatic heterocycles. The third-order valence-electron chi connectivity index (χ3n) is 4.66. The summed E-state index contributed by atoms with van der Waals surface area (Å²) in [4.78, 5) is 4.82. The summed E-state index contributed by atoms with van der Waals surface area (Å²) in [6, 6.07) is 21.5. The summed E-state index contributed by atoms with van der Waals surface area (Å²) in [6.07, 6.45) is 2.25. The van der Waals surface area contributed by atoms with Crippen LogP contribution in [-0.2, 0) is 13.0 Å². The van der Waals surface area contributed by atoms with Gasteiger partial charge in [0.2, 0.25) is 0 Å². The first kappa shape index (κ1) is 13.3. The zero-order chi connectivity index (χ0) is 14.9. The Kier molecular flexibility index (Phi) is 3.30. The normalized spacial score (nSPS) is 17.2. The van der Waals surface area contributed by atoms with Crippen molar-refractivity contribution in [2.75, 3.05) is 0 Å². The van der Waals surface area contributed by atoms with E-state index in [2.05, 4.69) is 72.2 Å². The largest absolute Gasteiger partial charge is 0.327 e. The third kappa shape index (κ3) is 2.25. The Morgan fingerprint density at radius 1 is 0.955 bits per heavy atom. The van der Waals surface area contributed by atoms with Crippen molar-refractivity contribution in [1.29, 1.82) is 0 Å². The molecule has 0 bridgehead atoms. The van der Waals surface area contributed by atoms with Gasteiger partial charge in [-0.25, -0.2) is 4.98 Å². The summed E-state index contributed by atoms with van der Waals surface area (Å²) in [5.74, 6) is 1.83. The fourth-order valence-corrected chi connectivity index (χ4v) is 3.59. The van der Waals surface area contributed by atoms with Gasteiger partial charge >= 0.3 is 0 Å². The van der Waals surface area contributed by atoms with E-state index in [1.165, 1.54) is 29.1 Å². The molecule has 0 radical (unpaired) electrons. The maximum Gasteiger partial charge on any atom is 0.109 e. The van der Waals surface area contributed by atoms with E-state index in [-0.39, 0.29) is 0 Å². The van der Waals surface area contributed by atoms with Crippen LogP contribution in [0.5, 0.6) is 0 Å². The van der Waals surface area contributed by atoms with Gasteiger partial charge in [0.15, 0.2) is 0 Å². The number of hydrogen-bond donors (Lipinski definition) is 0. The quantitative estimate of drug-likeness (QED) is 0.674. The number of benzene rings is 2. The minimum Gasteiger partial charge on any atom is -0.327 e. The molecule has 0 N–H and O–H groups in total. The van der Waals surface area contributed by atoms with Crippen LogP contribution in [0, 0.1) is 6.92 Å². The van der Waals surface area contributed by atoms with Gasteiger partial charge in [-0.15, -0.1) is 0 Å². The first-order valence-corrected chi connectivity index (χ1v) is 7.99. The molecule has 4 rings (SSSR count). The summed E-state index contributed by atoms with van der Waals surface area (Å²) in [5.41, 5.74) is 5.15. The first-order chi connectivity index (χ1) is 10.8. The van der Waals surface area contributed by atoms with Crippen LogP contribution in [0.3, 0.4) is 0 Å². The Labute approximate surface area is 131 Å². The lowest BCUT2D eigenvalue weighted by atomic mass is 9.91. The van der Waals surface area contributed by atoms with Gasteiger partial charge in [0.05, 0.1) is 11.4 Å². The molecule has 1 unspecified atom stereocenters. The maximum absolute atomic E-state index is 4.82. The second-order valence-corrected chi connectivity index (χ2v) is 6.08. The van der Waals surface area contributed by atoms with Crippen molar-refractivity contribution in [3.05, 3.63) is 77.7 Å². The summed E-state index contributed by atoms with van der Waals surface area (Å²) < 4.78 is 2.44. The molecule has 0 saturated heterocycles. The molecule has 0 saturated carbocycles. The molecule has 110 valence electrons. The molecular weight excluding hydrogens is 268 g/mol. The van der Waals surface area contributed by atoms with E-state index in [4.69, 9.17) is 4.98 Å². The standard InChI is InChI=1S/C20H20N2/c1-15-20(17-10-6-3-7-11-17)22-14-18(12-13-19(22)21-15)16-8-4-2-5-9-16/h2-11,18H,12-14H2,1H3. The molecule has 2 heteroatoms. The van der Waals surface area contributed by atoms with Crippen molar-refractivity contribution in [1.82, 2.24) is 9.55 Å². The van der Waals surface area contributed by atoms with E-state index in [1.807, 2.05) is 0 Å². The van der Waals surface area contributed by atoms with Crippen molar-refractivity contribution < 1.29 is 0 Å². The number of aromatic nitrogens is 2. The van der Waals surface area contributed by atoms with Crippen molar-refractivity contribution >= 4 is 0 Å². The number of rotatable bonds is 2. The highest BCUT2D eigenvalue weighted by atomic mass is 15.1. The van der Waals surface area contributed by atoms with Gasteiger partial charge in [0, 0.05) is 24.4 Å². The lowest BCUT2D eigenvalue weighted by Crippen LogP contribution is -2.19. The lowest BCUT2D eigenvalue weighted by Gasteiger charge is -2.25. The van der Waals surface area contributed by atoms with Crippen molar-refractivity contribution in [2.45, 2.75) is 32.2 Å². The highest BCUT2D eigenvalue weighted by Crippen LogP contribution is 2.34. The van der Waals surface area contributed by atoms with Gasteiger partial charge < -0.3 is 4.57 Å². The molecule has 0 amide bonds. The van der Waals surface area contributed by atoms with E-state index in [0.717, 1.165) is 18.7 Å². The monoisotopic (exact) mass is 288 g/mol. The SMILES string of the molecule is Cc1nc2n(c1-c1ccccc1)CC(c1ccccc1)CC2. The van der Waals surface area contributed by atoms with Crippen LogP contribution >= 0.6 is 0 Å². The molecule has 0 spiro atoms. The molecule has 2 aromatic carbocycles. The van der Waals surface area contributed by atoms with Crippen molar-refractivity contribution in [3.8, 4) is 11.3 Å². The zero-order valence-electron chi connectivity index (χ0n) is 12.9. The fourth-order valence-electron chi connectivity index (χ4n) is 3.59. The molecule has 22 heavy (non-hydrogen) atoms. The third-order valence-corrected chi connectivity index (χ3v) is 4.66. The van der Waals surface area contributed by atoms with E-state index in [0.29, 0.717) is 5.92 Å². The Bertz CT molecular complexity index is 772. The van der Waals surface area contributed by atoms with Gasteiger partial charge in [-0.2, -0.15) is 0 Å². The van der Waals surface area contributed by atoms with Gasteiger partial charge in [0.25, 0.3) is 0 Å². The minimum atomic E-state index is 0.588. The summed E-state index contributed by atoms with van der Waals surface area (Å²) in [7, 11) is 0. The molecule has 1 atom stereocenters. The van der Waals surface area contributed by atoms with Crippen molar-refractivity contribution in [2.24, 2.45) is 0 Å². The lowest BCUT2D eigenvalue weighted by molar-refractivity contribution is 0.459. The molecular formula is C20H20N2. The Hall–Kier alpha value is -2.35. The molecule has 2 nitrogen and oxygen atoms in total. The number of nitrogens with zero attached hydrogens (tertiary/aromatic N) is 2. The fraction of sp³-hybridized carbons (Fsp3) is 0.250. The molecule has 3 aromatic rings. The first-order valence-electron chi connectivity index (χ1n) is 7.99. The summed E-state index contributed by atoms with van der Waals surface area (Å²) >= 11 is 0.